The maximum Gasteiger partial charge on any atom is 0.260 e. The Balaban J connectivity index is 1.74. The fraction of sp³-hybridized carbons (Fsp3) is 0.565. The molecule has 0 atom stereocenters. The van der Waals surface area contributed by atoms with E-state index >= 15 is 0 Å². The molecule has 1 aliphatic heterocycles. The first kappa shape index (κ1) is 21.4. The van der Waals surface area contributed by atoms with Crippen molar-refractivity contribution in [2.75, 3.05) is 32.8 Å². The van der Waals surface area contributed by atoms with Crippen LogP contribution < -0.4 is 10.3 Å². The molecule has 1 amide bonds. The maximum absolute atomic E-state index is 12.6. The molecule has 0 spiro atoms. The monoisotopic (exact) mass is 399 g/mol. The molecule has 6 nitrogen and oxygen atoms in total. The van der Waals surface area contributed by atoms with E-state index in [-0.39, 0.29) is 24.0 Å². The number of pyridine rings is 1. The van der Waals surface area contributed by atoms with Crippen LogP contribution in [0.4, 0.5) is 0 Å². The molecule has 2 aromatic rings. The Kier molecular flexibility index (Phi) is 6.63. The number of piperazine rings is 1. The van der Waals surface area contributed by atoms with Gasteiger partial charge in [-0.1, -0.05) is 13.8 Å². The summed E-state index contributed by atoms with van der Waals surface area (Å²) in [5, 5.41) is 1.06. The van der Waals surface area contributed by atoms with Crippen LogP contribution in [0.15, 0.2) is 29.1 Å². The largest absolute Gasteiger partial charge is 0.484 e. The number of fused-ring (bicyclic) bond motifs is 1. The van der Waals surface area contributed by atoms with Crippen molar-refractivity contribution in [3.8, 4) is 5.75 Å². The van der Waals surface area contributed by atoms with Gasteiger partial charge in [-0.3, -0.25) is 14.5 Å². The first-order valence-electron chi connectivity index (χ1n) is 10.6. The number of aryl methyl sites for hydroxylation is 1. The molecule has 1 aliphatic rings. The van der Waals surface area contributed by atoms with Gasteiger partial charge in [0.1, 0.15) is 5.75 Å². The van der Waals surface area contributed by atoms with E-state index in [0.29, 0.717) is 18.3 Å². The number of carbonyl (C=O) groups excluding carboxylic acids is 1. The zero-order chi connectivity index (χ0) is 21.1. The number of benzene rings is 1. The molecular formula is C23H33N3O3. The predicted octanol–water partition coefficient (Wildman–Crippen LogP) is 3.08. The number of hydrogen-bond acceptors (Lipinski definition) is 4. The minimum Gasteiger partial charge on any atom is -0.484 e. The van der Waals surface area contributed by atoms with Crippen molar-refractivity contribution in [2.24, 2.45) is 0 Å². The quantitative estimate of drug-likeness (QED) is 0.749. The zero-order valence-corrected chi connectivity index (χ0v) is 18.3. The lowest BCUT2D eigenvalue weighted by Gasteiger charge is -2.36. The van der Waals surface area contributed by atoms with Gasteiger partial charge in [-0.15, -0.1) is 0 Å². The van der Waals surface area contributed by atoms with E-state index < -0.39 is 0 Å². The third-order valence-electron chi connectivity index (χ3n) is 5.81. The second kappa shape index (κ2) is 8.99. The van der Waals surface area contributed by atoms with E-state index in [1.54, 1.807) is 10.6 Å². The van der Waals surface area contributed by atoms with Crippen molar-refractivity contribution >= 4 is 16.8 Å². The summed E-state index contributed by atoms with van der Waals surface area (Å²) in [6.45, 7) is 14.4. The van der Waals surface area contributed by atoms with Gasteiger partial charge in [-0.05, 0) is 44.4 Å². The van der Waals surface area contributed by atoms with Gasteiger partial charge < -0.3 is 14.2 Å². The van der Waals surface area contributed by atoms with Crippen LogP contribution in [0.25, 0.3) is 10.9 Å². The number of hydrogen-bond donors (Lipinski definition) is 0. The van der Waals surface area contributed by atoms with Gasteiger partial charge in [0, 0.05) is 56.3 Å². The van der Waals surface area contributed by atoms with E-state index in [1.165, 1.54) is 0 Å². The topological polar surface area (TPSA) is 54.8 Å². The summed E-state index contributed by atoms with van der Waals surface area (Å²) in [5.41, 5.74) is 1.90. The highest BCUT2D eigenvalue weighted by Gasteiger charge is 2.22. The highest BCUT2D eigenvalue weighted by atomic mass is 16.5. The molecule has 0 radical (unpaired) electrons. The summed E-state index contributed by atoms with van der Waals surface area (Å²) < 4.78 is 7.57. The number of aromatic nitrogens is 1. The molecule has 1 aromatic heterocycles. The van der Waals surface area contributed by atoms with Crippen LogP contribution in [-0.2, 0) is 11.3 Å². The van der Waals surface area contributed by atoms with Crippen LogP contribution in [0, 0.1) is 0 Å². The number of nitrogens with zero attached hydrogens (tertiary/aromatic N) is 3. The molecule has 1 saturated heterocycles. The van der Waals surface area contributed by atoms with Gasteiger partial charge >= 0.3 is 0 Å². The molecule has 6 heteroatoms. The van der Waals surface area contributed by atoms with Crippen molar-refractivity contribution in [2.45, 2.75) is 53.1 Å². The van der Waals surface area contributed by atoms with Crippen LogP contribution in [0.3, 0.4) is 0 Å². The van der Waals surface area contributed by atoms with E-state index in [4.69, 9.17) is 4.74 Å². The van der Waals surface area contributed by atoms with Crippen molar-refractivity contribution in [3.63, 3.8) is 0 Å². The second-order valence-electron chi connectivity index (χ2n) is 8.32. The molecule has 0 bridgehead atoms. The van der Waals surface area contributed by atoms with Crippen molar-refractivity contribution < 1.29 is 9.53 Å². The summed E-state index contributed by atoms with van der Waals surface area (Å²) in [4.78, 5) is 29.3. The zero-order valence-electron chi connectivity index (χ0n) is 18.3. The first-order valence-corrected chi connectivity index (χ1v) is 10.6. The Bertz CT molecular complexity index is 925. The van der Waals surface area contributed by atoms with Crippen molar-refractivity contribution in [3.05, 3.63) is 40.2 Å². The summed E-state index contributed by atoms with van der Waals surface area (Å²) in [5.74, 6) is 0.890. The number of amides is 1. The predicted molar refractivity (Wildman–Crippen MR) is 117 cm³/mol. The summed E-state index contributed by atoms with van der Waals surface area (Å²) in [6.07, 6.45) is 0. The first-order chi connectivity index (χ1) is 13.8. The Morgan fingerprint density at radius 1 is 1.07 bits per heavy atom. The fourth-order valence-corrected chi connectivity index (χ4v) is 4.00. The van der Waals surface area contributed by atoms with Gasteiger partial charge in [0.05, 0.1) is 5.52 Å². The Morgan fingerprint density at radius 2 is 1.76 bits per heavy atom. The van der Waals surface area contributed by atoms with Gasteiger partial charge in [-0.25, -0.2) is 0 Å². The average Bonchev–Trinajstić information content (AvgIpc) is 2.71. The van der Waals surface area contributed by atoms with Crippen LogP contribution in [0.1, 0.15) is 46.1 Å². The smallest absolute Gasteiger partial charge is 0.260 e. The van der Waals surface area contributed by atoms with E-state index in [2.05, 4.69) is 32.6 Å². The molecule has 0 aliphatic carbocycles. The average molecular weight is 400 g/mol. The van der Waals surface area contributed by atoms with Crippen molar-refractivity contribution in [1.29, 1.82) is 0 Å². The van der Waals surface area contributed by atoms with Gasteiger partial charge in [-0.2, -0.15) is 0 Å². The Hall–Kier alpha value is -2.34. The molecule has 158 valence electrons. The van der Waals surface area contributed by atoms with Gasteiger partial charge in [0.2, 0.25) is 0 Å². The Morgan fingerprint density at radius 3 is 2.34 bits per heavy atom. The highest BCUT2D eigenvalue weighted by Crippen LogP contribution is 2.27. The SMILES string of the molecule is CCn1c(=O)cc(C(C)C)c2ccc(OCC(=O)N3CCN(C(C)C)CC3)cc21. The molecule has 29 heavy (non-hydrogen) atoms. The summed E-state index contributed by atoms with van der Waals surface area (Å²) in [6, 6.07) is 8.01. The molecule has 0 unspecified atom stereocenters. The van der Waals surface area contributed by atoms with Crippen molar-refractivity contribution in [1.82, 2.24) is 14.4 Å². The molecule has 1 fully saturated rings. The second-order valence-corrected chi connectivity index (χ2v) is 8.32. The lowest BCUT2D eigenvalue weighted by atomic mass is 9.98. The van der Waals surface area contributed by atoms with Crippen LogP contribution in [0.2, 0.25) is 0 Å². The summed E-state index contributed by atoms with van der Waals surface area (Å²) >= 11 is 0. The van der Waals surface area contributed by atoms with E-state index in [9.17, 15) is 9.59 Å². The normalized spacial score (nSPS) is 15.5. The van der Waals surface area contributed by atoms with Gasteiger partial charge in [0.25, 0.3) is 11.5 Å². The fourth-order valence-electron chi connectivity index (χ4n) is 4.00. The third kappa shape index (κ3) is 4.64. The van der Waals surface area contributed by atoms with Crippen LogP contribution in [0.5, 0.6) is 5.75 Å². The van der Waals surface area contributed by atoms with E-state index in [1.807, 2.05) is 30.0 Å². The third-order valence-corrected chi connectivity index (χ3v) is 5.81. The Labute approximate surface area is 173 Å². The molecule has 3 rings (SSSR count). The minimum absolute atomic E-state index is 0.0000465. The van der Waals surface area contributed by atoms with Gasteiger partial charge in [0.15, 0.2) is 6.61 Å². The van der Waals surface area contributed by atoms with E-state index in [0.717, 1.165) is 42.6 Å². The number of ether oxygens (including phenoxy) is 1. The molecule has 0 N–H and O–H groups in total. The molecular weight excluding hydrogens is 366 g/mol. The minimum atomic E-state index is -0.0000465. The lowest BCUT2D eigenvalue weighted by molar-refractivity contribution is -0.135. The summed E-state index contributed by atoms with van der Waals surface area (Å²) in [7, 11) is 0. The number of rotatable bonds is 6. The number of carbonyl (C=O) groups is 1. The lowest BCUT2D eigenvalue weighted by Crippen LogP contribution is -2.51. The maximum atomic E-state index is 12.6. The highest BCUT2D eigenvalue weighted by molar-refractivity contribution is 5.84. The molecule has 1 aromatic carbocycles. The molecule has 0 saturated carbocycles. The molecule has 2 heterocycles. The standard InChI is InChI=1S/C23H33N3O3/c1-6-26-21-13-18(7-8-19(21)20(16(2)3)14-22(26)27)29-15-23(28)25-11-9-24(10-12-25)17(4)5/h7-8,13-14,16-17H,6,9-12,15H2,1-5H3. The van der Waals surface area contributed by atoms with Crippen LogP contribution in [-0.4, -0.2) is 59.1 Å². The van der Waals surface area contributed by atoms with Crippen LogP contribution >= 0.6 is 0 Å².